The van der Waals surface area contributed by atoms with E-state index in [0.717, 1.165) is 88.6 Å². The van der Waals surface area contributed by atoms with E-state index in [0.29, 0.717) is 0 Å². The van der Waals surface area contributed by atoms with Gasteiger partial charge in [0.1, 0.15) is 22.3 Å². The van der Waals surface area contributed by atoms with Crippen LogP contribution in [-0.2, 0) is 0 Å². The molecule has 0 unspecified atom stereocenters. The Hall–Kier alpha value is -8.14. The molecule has 0 atom stereocenters. The number of anilines is 3. The Labute approximate surface area is 353 Å². The SMILES string of the molecule is c1ccc(-c2ccc(-c3ccc(N(c4ccc(-c5ccc6c(c5)oc5ccccc56)cc4)c4cccc(-c5cccc6oc7c8ccccc8ccc7c56)c4)cc3)cc2)cc1. The van der Waals surface area contributed by atoms with E-state index in [1.54, 1.807) is 0 Å². The van der Waals surface area contributed by atoms with Crippen molar-refractivity contribution in [3.63, 3.8) is 0 Å². The Morgan fingerprint density at radius 1 is 0.279 bits per heavy atom. The zero-order valence-electron chi connectivity index (χ0n) is 33.1. The number of fused-ring (bicyclic) bond motifs is 8. The Kier molecular flexibility index (Phi) is 8.17. The van der Waals surface area contributed by atoms with Gasteiger partial charge in [-0.3, -0.25) is 0 Å². The quantitative estimate of drug-likeness (QED) is 0.161. The molecule has 286 valence electrons. The zero-order chi connectivity index (χ0) is 40.3. The highest BCUT2D eigenvalue weighted by molar-refractivity contribution is 6.19. The van der Waals surface area contributed by atoms with E-state index in [1.807, 2.05) is 12.1 Å². The van der Waals surface area contributed by atoms with Crippen molar-refractivity contribution in [3.8, 4) is 44.5 Å². The molecule has 0 saturated heterocycles. The molecule has 2 aromatic heterocycles. The average molecular weight is 780 g/mol. The van der Waals surface area contributed by atoms with Gasteiger partial charge in [0.15, 0.2) is 0 Å². The first kappa shape index (κ1) is 34.9. The largest absolute Gasteiger partial charge is 0.456 e. The van der Waals surface area contributed by atoms with E-state index >= 15 is 0 Å². The molecule has 2 heterocycles. The topological polar surface area (TPSA) is 29.5 Å². The Morgan fingerprint density at radius 3 is 1.57 bits per heavy atom. The minimum absolute atomic E-state index is 0.884. The van der Waals surface area contributed by atoms with Gasteiger partial charge in [0.2, 0.25) is 0 Å². The molecule has 0 radical (unpaired) electrons. The zero-order valence-corrected chi connectivity index (χ0v) is 33.1. The van der Waals surface area contributed by atoms with Crippen LogP contribution in [0.3, 0.4) is 0 Å². The highest BCUT2D eigenvalue weighted by atomic mass is 16.3. The molecule has 3 heteroatoms. The first-order valence-electron chi connectivity index (χ1n) is 20.7. The second kappa shape index (κ2) is 14.3. The normalized spacial score (nSPS) is 11.6. The molecule has 0 fully saturated rings. The monoisotopic (exact) mass is 779 g/mol. The molecule has 0 aliphatic heterocycles. The van der Waals surface area contributed by atoms with Gasteiger partial charge in [0, 0.05) is 44.0 Å². The number of para-hydroxylation sites is 1. The van der Waals surface area contributed by atoms with Crippen LogP contribution in [0.1, 0.15) is 0 Å². The fourth-order valence-electron chi connectivity index (χ4n) is 9.05. The third-order valence-electron chi connectivity index (χ3n) is 12.1. The first-order valence-corrected chi connectivity index (χ1v) is 20.7. The Balaban J connectivity index is 0.949. The molecule has 0 amide bonds. The van der Waals surface area contributed by atoms with Gasteiger partial charge in [0.25, 0.3) is 0 Å². The van der Waals surface area contributed by atoms with Crippen LogP contribution in [0.15, 0.2) is 233 Å². The number of rotatable bonds is 7. The number of benzene rings is 10. The van der Waals surface area contributed by atoms with Gasteiger partial charge in [-0.1, -0.05) is 158 Å². The van der Waals surface area contributed by atoms with Crippen LogP contribution in [0.4, 0.5) is 17.1 Å². The summed E-state index contributed by atoms with van der Waals surface area (Å²) in [5, 5.41) is 6.81. The summed E-state index contributed by atoms with van der Waals surface area (Å²) in [6.45, 7) is 0. The maximum absolute atomic E-state index is 6.59. The summed E-state index contributed by atoms with van der Waals surface area (Å²) in [5.41, 5.74) is 16.1. The summed E-state index contributed by atoms with van der Waals surface area (Å²) >= 11 is 0. The van der Waals surface area contributed by atoms with Crippen LogP contribution >= 0.6 is 0 Å². The Bertz CT molecular complexity index is 3560. The molecule has 61 heavy (non-hydrogen) atoms. The van der Waals surface area contributed by atoms with Gasteiger partial charge in [0.05, 0.1) is 0 Å². The summed E-state index contributed by atoms with van der Waals surface area (Å²) < 4.78 is 12.8. The molecule has 0 bridgehead atoms. The molecule has 0 spiro atoms. The van der Waals surface area contributed by atoms with Gasteiger partial charge in [-0.15, -0.1) is 0 Å². The number of furan rings is 2. The van der Waals surface area contributed by atoms with Gasteiger partial charge in [-0.2, -0.15) is 0 Å². The van der Waals surface area contributed by atoms with Crippen molar-refractivity contribution in [1.29, 1.82) is 0 Å². The van der Waals surface area contributed by atoms with Gasteiger partial charge in [-0.25, -0.2) is 0 Å². The van der Waals surface area contributed by atoms with Crippen molar-refractivity contribution in [3.05, 3.63) is 224 Å². The van der Waals surface area contributed by atoms with E-state index in [2.05, 4.69) is 217 Å². The lowest BCUT2D eigenvalue weighted by Gasteiger charge is -2.26. The second-order valence-corrected chi connectivity index (χ2v) is 15.7. The second-order valence-electron chi connectivity index (χ2n) is 15.7. The number of nitrogens with zero attached hydrogens (tertiary/aromatic N) is 1. The van der Waals surface area contributed by atoms with Crippen molar-refractivity contribution in [2.75, 3.05) is 4.90 Å². The summed E-state index contributed by atoms with van der Waals surface area (Å²) in [6.07, 6.45) is 0. The number of hydrogen-bond donors (Lipinski definition) is 0. The van der Waals surface area contributed by atoms with Crippen molar-refractivity contribution < 1.29 is 8.83 Å². The fourth-order valence-corrected chi connectivity index (χ4v) is 9.05. The molecule has 12 aromatic rings. The molecular weight excluding hydrogens is 743 g/mol. The van der Waals surface area contributed by atoms with Crippen LogP contribution < -0.4 is 4.90 Å². The van der Waals surface area contributed by atoms with Crippen LogP contribution in [0.25, 0.3) is 99.2 Å². The van der Waals surface area contributed by atoms with Crippen LogP contribution in [-0.4, -0.2) is 0 Å². The minimum Gasteiger partial charge on any atom is -0.456 e. The highest BCUT2D eigenvalue weighted by Gasteiger charge is 2.18. The van der Waals surface area contributed by atoms with E-state index < -0.39 is 0 Å². The van der Waals surface area contributed by atoms with Gasteiger partial charge >= 0.3 is 0 Å². The van der Waals surface area contributed by atoms with E-state index in [1.165, 1.54) is 27.6 Å². The van der Waals surface area contributed by atoms with E-state index in [9.17, 15) is 0 Å². The third-order valence-corrected chi connectivity index (χ3v) is 12.1. The van der Waals surface area contributed by atoms with E-state index in [-0.39, 0.29) is 0 Å². The predicted molar refractivity (Wildman–Crippen MR) is 255 cm³/mol. The summed E-state index contributed by atoms with van der Waals surface area (Å²) in [7, 11) is 0. The third kappa shape index (κ3) is 6.06. The molecule has 3 nitrogen and oxygen atoms in total. The molecule has 12 rings (SSSR count). The van der Waals surface area contributed by atoms with E-state index in [4.69, 9.17) is 8.83 Å². The van der Waals surface area contributed by atoms with Gasteiger partial charge < -0.3 is 13.7 Å². The Morgan fingerprint density at radius 2 is 0.820 bits per heavy atom. The first-order chi connectivity index (χ1) is 30.2. The lowest BCUT2D eigenvalue weighted by atomic mass is 9.97. The van der Waals surface area contributed by atoms with Crippen LogP contribution in [0.5, 0.6) is 0 Å². The molecule has 0 aliphatic carbocycles. The van der Waals surface area contributed by atoms with Gasteiger partial charge in [-0.05, 0) is 117 Å². The predicted octanol–water partition coefficient (Wildman–Crippen LogP) is 16.8. The van der Waals surface area contributed by atoms with Crippen LogP contribution in [0.2, 0.25) is 0 Å². The van der Waals surface area contributed by atoms with Crippen molar-refractivity contribution in [1.82, 2.24) is 0 Å². The maximum Gasteiger partial charge on any atom is 0.143 e. The fraction of sp³-hybridized carbons (Fsp3) is 0. The number of hydrogen-bond acceptors (Lipinski definition) is 3. The standard InChI is InChI=1S/C58H37NO2/c1-2-10-38(11-3-1)39-20-22-40(23-21-39)41-24-30-46(31-25-41)59(47-32-26-42(27-33-47)44-29-34-52-51-16-6-7-18-54(51)60-56(52)37-44)48-14-8-13-45(36-48)49-17-9-19-55-57(49)53-35-28-43-12-4-5-15-50(43)58(53)61-55/h1-37H. The van der Waals surface area contributed by atoms with Crippen molar-refractivity contribution in [2.24, 2.45) is 0 Å². The summed E-state index contributed by atoms with van der Waals surface area (Å²) in [5.74, 6) is 0. The smallest absolute Gasteiger partial charge is 0.143 e. The summed E-state index contributed by atoms with van der Waals surface area (Å²) in [6, 6.07) is 79.9. The molecule has 0 aliphatic rings. The minimum atomic E-state index is 0.884. The van der Waals surface area contributed by atoms with Crippen molar-refractivity contribution >= 4 is 71.7 Å². The molecule has 10 aromatic carbocycles. The molecular formula is C58H37NO2. The summed E-state index contributed by atoms with van der Waals surface area (Å²) in [4.78, 5) is 2.35. The van der Waals surface area contributed by atoms with Crippen LogP contribution in [0, 0.1) is 0 Å². The average Bonchev–Trinajstić information content (AvgIpc) is 3.91. The molecule has 0 N–H and O–H groups in total. The lowest BCUT2D eigenvalue weighted by Crippen LogP contribution is -2.10. The molecule has 0 saturated carbocycles. The van der Waals surface area contributed by atoms with Crippen molar-refractivity contribution in [2.45, 2.75) is 0 Å². The highest BCUT2D eigenvalue weighted by Crippen LogP contribution is 2.43. The lowest BCUT2D eigenvalue weighted by molar-refractivity contribution is 0.669. The maximum atomic E-state index is 6.59.